The third-order valence-electron chi connectivity index (χ3n) is 3.27. The summed E-state index contributed by atoms with van der Waals surface area (Å²) in [6.45, 7) is -0.223. The van der Waals surface area contributed by atoms with Crippen LogP contribution in [0.2, 0.25) is 0 Å². The van der Waals surface area contributed by atoms with Gasteiger partial charge < -0.3 is 21.1 Å². The molecule has 7 nitrogen and oxygen atoms in total. The average Bonchev–Trinajstić information content (AvgIpc) is 2.88. The number of hydrogen-bond donors (Lipinski definition) is 3. The summed E-state index contributed by atoms with van der Waals surface area (Å²) in [5, 5.41) is 11.3. The summed E-state index contributed by atoms with van der Waals surface area (Å²) in [5.74, 6) is 0.363. The number of nitrogens with zero attached hydrogens (tertiary/aromatic N) is 1. The summed E-state index contributed by atoms with van der Waals surface area (Å²) in [7, 11) is 0. The second-order valence-electron chi connectivity index (χ2n) is 4.78. The smallest absolute Gasteiger partial charge is 0.327 e. The normalized spacial score (nSPS) is 16.1. The van der Waals surface area contributed by atoms with Crippen LogP contribution in [0.1, 0.15) is 32.1 Å². The molecule has 1 aliphatic rings. The number of amides is 3. The maximum atomic E-state index is 12.1. The van der Waals surface area contributed by atoms with Crippen LogP contribution in [0, 0.1) is 12.3 Å². The molecule has 1 aliphatic carbocycles. The zero-order valence-electron chi connectivity index (χ0n) is 11.2. The summed E-state index contributed by atoms with van der Waals surface area (Å²) in [5.41, 5.74) is 5.14. The van der Waals surface area contributed by atoms with Crippen molar-refractivity contribution in [2.45, 2.75) is 44.2 Å². The number of urea groups is 1. The van der Waals surface area contributed by atoms with Crippen molar-refractivity contribution >= 4 is 17.9 Å². The Labute approximate surface area is 117 Å². The number of primary amides is 1. The van der Waals surface area contributed by atoms with Crippen LogP contribution < -0.4 is 11.1 Å². The first-order valence-corrected chi connectivity index (χ1v) is 6.47. The van der Waals surface area contributed by atoms with Crippen LogP contribution in [-0.4, -0.2) is 46.5 Å². The average molecular weight is 281 g/mol. The number of carboxylic acids is 1. The highest BCUT2D eigenvalue weighted by atomic mass is 16.4. The highest BCUT2D eigenvalue weighted by Crippen LogP contribution is 2.23. The molecule has 0 saturated heterocycles. The Morgan fingerprint density at radius 3 is 2.45 bits per heavy atom. The van der Waals surface area contributed by atoms with E-state index in [-0.39, 0.29) is 19.0 Å². The van der Waals surface area contributed by atoms with Gasteiger partial charge in [0.25, 0.3) is 0 Å². The molecule has 3 amide bonds. The molecule has 4 N–H and O–H groups in total. The van der Waals surface area contributed by atoms with Gasteiger partial charge in [0.05, 0.1) is 0 Å². The molecule has 0 radical (unpaired) electrons. The molecule has 0 aromatic heterocycles. The summed E-state index contributed by atoms with van der Waals surface area (Å²) >= 11 is 0. The molecule has 20 heavy (non-hydrogen) atoms. The fourth-order valence-corrected chi connectivity index (χ4v) is 2.30. The van der Waals surface area contributed by atoms with Gasteiger partial charge in [-0.1, -0.05) is 12.8 Å². The van der Waals surface area contributed by atoms with E-state index in [0.29, 0.717) is 0 Å². The van der Waals surface area contributed by atoms with Gasteiger partial charge in [0.15, 0.2) is 0 Å². The molecule has 0 aromatic carbocycles. The second kappa shape index (κ2) is 7.38. The van der Waals surface area contributed by atoms with Crippen molar-refractivity contribution in [1.82, 2.24) is 10.2 Å². The summed E-state index contributed by atoms with van der Waals surface area (Å²) in [4.78, 5) is 35.5. The third-order valence-corrected chi connectivity index (χ3v) is 3.27. The maximum absolute atomic E-state index is 12.1. The third kappa shape index (κ3) is 4.46. The molecule has 0 spiro atoms. The van der Waals surface area contributed by atoms with Crippen molar-refractivity contribution in [3.8, 4) is 12.3 Å². The molecule has 1 saturated carbocycles. The maximum Gasteiger partial charge on any atom is 0.327 e. The van der Waals surface area contributed by atoms with E-state index < -0.39 is 23.9 Å². The summed E-state index contributed by atoms with van der Waals surface area (Å²) in [6.07, 6.45) is 8.47. The molecule has 1 unspecified atom stereocenters. The van der Waals surface area contributed by atoms with Crippen molar-refractivity contribution in [3.63, 3.8) is 0 Å². The fraction of sp³-hybridized carbons (Fsp3) is 0.615. The van der Waals surface area contributed by atoms with Crippen LogP contribution in [0.25, 0.3) is 0 Å². The lowest BCUT2D eigenvalue weighted by atomic mass is 10.2. The summed E-state index contributed by atoms with van der Waals surface area (Å²) < 4.78 is 0. The Hall–Kier alpha value is -2.23. The van der Waals surface area contributed by atoms with Crippen molar-refractivity contribution in [1.29, 1.82) is 0 Å². The largest absolute Gasteiger partial charge is 0.480 e. The lowest BCUT2D eigenvalue weighted by molar-refractivity contribution is -0.139. The van der Waals surface area contributed by atoms with Crippen LogP contribution in [-0.2, 0) is 9.59 Å². The van der Waals surface area contributed by atoms with Gasteiger partial charge >= 0.3 is 12.0 Å². The van der Waals surface area contributed by atoms with E-state index in [2.05, 4.69) is 11.2 Å². The topological polar surface area (TPSA) is 113 Å². The van der Waals surface area contributed by atoms with Crippen LogP contribution in [0.5, 0.6) is 0 Å². The highest BCUT2D eigenvalue weighted by molar-refractivity contribution is 5.86. The number of nitrogens with one attached hydrogen (secondary N) is 1. The second-order valence-corrected chi connectivity index (χ2v) is 4.78. The number of carboxylic acid groups (broad SMARTS) is 1. The first-order valence-electron chi connectivity index (χ1n) is 6.47. The Bertz CT molecular complexity index is 424. The first-order chi connectivity index (χ1) is 9.45. The van der Waals surface area contributed by atoms with Gasteiger partial charge in [-0.05, 0) is 12.8 Å². The van der Waals surface area contributed by atoms with Crippen LogP contribution in [0.3, 0.4) is 0 Å². The van der Waals surface area contributed by atoms with Crippen molar-refractivity contribution < 1.29 is 19.5 Å². The minimum absolute atomic E-state index is 0.0808. The molecule has 1 atom stereocenters. The van der Waals surface area contributed by atoms with Crippen LogP contribution in [0.4, 0.5) is 4.79 Å². The number of rotatable bonds is 6. The number of aliphatic carboxylic acids is 1. The molecular weight excluding hydrogens is 262 g/mol. The number of hydrogen-bond acceptors (Lipinski definition) is 3. The SMILES string of the molecule is C#CCC(NC(=O)N(CC(N)=O)C1CCCC1)C(=O)O. The zero-order valence-corrected chi connectivity index (χ0v) is 11.2. The van der Waals surface area contributed by atoms with Crippen LogP contribution in [0.15, 0.2) is 0 Å². The molecule has 0 aromatic rings. The van der Waals surface area contributed by atoms with Gasteiger partial charge in [-0.25, -0.2) is 9.59 Å². The molecule has 0 aliphatic heterocycles. The summed E-state index contributed by atoms with van der Waals surface area (Å²) in [6, 6.07) is -1.86. The number of carbonyl (C=O) groups is 3. The lowest BCUT2D eigenvalue weighted by Gasteiger charge is -2.29. The van der Waals surface area contributed by atoms with E-state index in [4.69, 9.17) is 17.3 Å². The van der Waals surface area contributed by atoms with Crippen molar-refractivity contribution in [3.05, 3.63) is 0 Å². The monoisotopic (exact) mass is 281 g/mol. The number of carbonyl (C=O) groups excluding carboxylic acids is 2. The molecule has 1 fully saturated rings. The lowest BCUT2D eigenvalue weighted by Crippen LogP contribution is -2.53. The fourth-order valence-electron chi connectivity index (χ4n) is 2.30. The highest BCUT2D eigenvalue weighted by Gasteiger charge is 2.30. The van der Waals surface area contributed by atoms with Gasteiger partial charge in [-0.2, -0.15) is 0 Å². The van der Waals surface area contributed by atoms with E-state index in [1.165, 1.54) is 4.90 Å². The van der Waals surface area contributed by atoms with E-state index in [9.17, 15) is 14.4 Å². The molecule has 0 bridgehead atoms. The van der Waals surface area contributed by atoms with E-state index >= 15 is 0 Å². The molecule has 0 heterocycles. The molecular formula is C13H19N3O4. The van der Waals surface area contributed by atoms with Crippen molar-refractivity contribution in [2.75, 3.05) is 6.54 Å². The quantitative estimate of drug-likeness (QED) is 0.590. The standard InChI is InChI=1S/C13H19N3O4/c1-2-5-10(12(18)19)15-13(20)16(8-11(14)17)9-6-3-4-7-9/h1,9-10H,3-8H2,(H2,14,17)(H,15,20)(H,18,19). The molecule has 110 valence electrons. The minimum atomic E-state index is -1.21. The van der Waals surface area contributed by atoms with Gasteiger partial charge in [0.1, 0.15) is 12.6 Å². The van der Waals surface area contributed by atoms with Gasteiger partial charge in [0.2, 0.25) is 5.91 Å². The van der Waals surface area contributed by atoms with E-state index in [1.54, 1.807) is 0 Å². The molecule has 1 rings (SSSR count). The minimum Gasteiger partial charge on any atom is -0.480 e. The van der Waals surface area contributed by atoms with Crippen LogP contribution >= 0.6 is 0 Å². The number of terminal acetylenes is 1. The van der Waals surface area contributed by atoms with Gasteiger partial charge in [-0.3, -0.25) is 4.79 Å². The van der Waals surface area contributed by atoms with E-state index in [1.807, 2.05) is 0 Å². The Balaban J connectivity index is 2.73. The predicted molar refractivity (Wildman–Crippen MR) is 71.6 cm³/mol. The van der Waals surface area contributed by atoms with E-state index in [0.717, 1.165) is 25.7 Å². The number of nitrogens with two attached hydrogens (primary N) is 1. The van der Waals surface area contributed by atoms with Crippen molar-refractivity contribution in [2.24, 2.45) is 5.73 Å². The van der Waals surface area contributed by atoms with Gasteiger partial charge in [-0.15, -0.1) is 12.3 Å². The Morgan fingerprint density at radius 2 is 2.00 bits per heavy atom. The Morgan fingerprint density at radius 1 is 1.40 bits per heavy atom. The predicted octanol–water partition coefficient (Wildman–Crippen LogP) is -0.0976. The van der Waals surface area contributed by atoms with Gasteiger partial charge in [0, 0.05) is 12.5 Å². The first kappa shape index (κ1) is 15.8. The molecule has 7 heteroatoms. The Kier molecular flexibility index (Phi) is 5.84. The zero-order chi connectivity index (χ0) is 15.1.